The Labute approximate surface area is 125 Å². The Hall–Kier alpha value is -1.83. The number of carbonyl (C=O) groups excluding carboxylic acids is 1. The van der Waals surface area contributed by atoms with Crippen LogP contribution in [0.3, 0.4) is 0 Å². The molecule has 1 aromatic carbocycles. The second-order valence-corrected chi connectivity index (χ2v) is 5.28. The van der Waals surface area contributed by atoms with Crippen LogP contribution < -0.4 is 0 Å². The van der Waals surface area contributed by atoms with Gasteiger partial charge in [0.2, 0.25) is 0 Å². The molecule has 2 rings (SSSR count). The van der Waals surface area contributed by atoms with Crippen LogP contribution in [-0.2, 0) is 0 Å². The number of hydrogen-bond donors (Lipinski definition) is 2. The van der Waals surface area contributed by atoms with Gasteiger partial charge >= 0.3 is 0 Å². The first-order valence-corrected chi connectivity index (χ1v) is 7.35. The summed E-state index contributed by atoms with van der Waals surface area (Å²) in [6, 6.07) is 7.24. The van der Waals surface area contributed by atoms with E-state index in [1.54, 1.807) is 12.1 Å². The third kappa shape index (κ3) is 4.07. The summed E-state index contributed by atoms with van der Waals surface area (Å²) < 4.78 is 0. The SMILES string of the molecule is O=C(c1ccccc1C#CCO)N1CCCC(CCO)C1. The molecule has 1 aliphatic heterocycles. The molecule has 2 N–H and O–H groups in total. The first-order valence-electron chi connectivity index (χ1n) is 7.35. The molecule has 1 heterocycles. The van der Waals surface area contributed by atoms with E-state index in [4.69, 9.17) is 10.2 Å². The molecule has 0 aliphatic carbocycles. The van der Waals surface area contributed by atoms with Crippen LogP contribution in [0.5, 0.6) is 0 Å². The minimum Gasteiger partial charge on any atom is -0.396 e. The maximum atomic E-state index is 12.7. The van der Waals surface area contributed by atoms with E-state index in [2.05, 4.69) is 11.8 Å². The van der Waals surface area contributed by atoms with Gasteiger partial charge in [-0.2, -0.15) is 0 Å². The zero-order valence-electron chi connectivity index (χ0n) is 12.1. The van der Waals surface area contributed by atoms with Crippen LogP contribution in [0.2, 0.25) is 0 Å². The number of benzene rings is 1. The van der Waals surface area contributed by atoms with Crippen molar-refractivity contribution < 1.29 is 15.0 Å². The van der Waals surface area contributed by atoms with Gasteiger partial charge < -0.3 is 15.1 Å². The molecule has 4 nitrogen and oxygen atoms in total. The summed E-state index contributed by atoms with van der Waals surface area (Å²) in [6.07, 6.45) is 2.78. The van der Waals surface area contributed by atoms with Crippen LogP contribution in [0, 0.1) is 17.8 Å². The largest absolute Gasteiger partial charge is 0.396 e. The van der Waals surface area contributed by atoms with E-state index in [9.17, 15) is 4.79 Å². The highest BCUT2D eigenvalue weighted by atomic mass is 16.3. The zero-order valence-corrected chi connectivity index (χ0v) is 12.1. The smallest absolute Gasteiger partial charge is 0.255 e. The van der Waals surface area contributed by atoms with Crippen molar-refractivity contribution in [2.75, 3.05) is 26.3 Å². The summed E-state index contributed by atoms with van der Waals surface area (Å²) >= 11 is 0. The van der Waals surface area contributed by atoms with Crippen LogP contribution in [0.4, 0.5) is 0 Å². The van der Waals surface area contributed by atoms with Crippen LogP contribution in [0.15, 0.2) is 24.3 Å². The lowest BCUT2D eigenvalue weighted by atomic mass is 9.94. The van der Waals surface area contributed by atoms with E-state index in [1.807, 2.05) is 17.0 Å². The highest BCUT2D eigenvalue weighted by Gasteiger charge is 2.25. The van der Waals surface area contributed by atoms with Crippen LogP contribution in [0.1, 0.15) is 35.2 Å². The maximum Gasteiger partial charge on any atom is 0.255 e. The molecule has 1 saturated heterocycles. The first kappa shape index (κ1) is 15.6. The van der Waals surface area contributed by atoms with Gasteiger partial charge in [0.05, 0.1) is 5.56 Å². The van der Waals surface area contributed by atoms with Crippen LogP contribution in [-0.4, -0.2) is 47.3 Å². The second-order valence-electron chi connectivity index (χ2n) is 5.28. The highest BCUT2D eigenvalue weighted by Crippen LogP contribution is 2.21. The van der Waals surface area contributed by atoms with Crippen molar-refractivity contribution in [2.24, 2.45) is 5.92 Å². The van der Waals surface area contributed by atoms with Gasteiger partial charge in [-0.1, -0.05) is 24.0 Å². The number of hydrogen-bond acceptors (Lipinski definition) is 3. The number of rotatable bonds is 3. The number of aliphatic hydroxyl groups is 2. The molecular formula is C17H21NO3. The van der Waals surface area contributed by atoms with Crippen molar-refractivity contribution in [3.8, 4) is 11.8 Å². The van der Waals surface area contributed by atoms with Crippen molar-refractivity contribution in [1.29, 1.82) is 0 Å². The minimum absolute atomic E-state index is 0.0134. The van der Waals surface area contributed by atoms with Gasteiger partial charge in [-0.25, -0.2) is 0 Å². The van der Waals surface area contributed by atoms with Gasteiger partial charge in [0.15, 0.2) is 0 Å². The molecule has 21 heavy (non-hydrogen) atoms. The molecule has 1 fully saturated rings. The van der Waals surface area contributed by atoms with E-state index in [0.717, 1.165) is 25.8 Å². The van der Waals surface area contributed by atoms with Gasteiger partial charge in [-0.3, -0.25) is 4.79 Å². The van der Waals surface area contributed by atoms with Crippen molar-refractivity contribution in [2.45, 2.75) is 19.3 Å². The summed E-state index contributed by atoms with van der Waals surface area (Å²) in [5.74, 6) is 5.79. The normalized spacial score (nSPS) is 18.0. The Morgan fingerprint density at radius 2 is 2.14 bits per heavy atom. The van der Waals surface area contributed by atoms with Crippen molar-refractivity contribution in [3.63, 3.8) is 0 Å². The third-order valence-corrected chi connectivity index (χ3v) is 3.80. The Balaban J connectivity index is 2.16. The molecule has 0 spiro atoms. The second kappa shape index (κ2) is 7.82. The predicted molar refractivity (Wildman–Crippen MR) is 80.7 cm³/mol. The van der Waals surface area contributed by atoms with Gasteiger partial charge in [0, 0.05) is 25.3 Å². The average molecular weight is 287 g/mol. The quantitative estimate of drug-likeness (QED) is 0.823. The van der Waals surface area contributed by atoms with Gasteiger partial charge in [0.1, 0.15) is 6.61 Å². The lowest BCUT2D eigenvalue weighted by Gasteiger charge is -2.32. The molecular weight excluding hydrogens is 266 g/mol. The number of piperidine rings is 1. The van der Waals surface area contributed by atoms with Crippen LogP contribution >= 0.6 is 0 Å². The van der Waals surface area contributed by atoms with Gasteiger partial charge in [0.25, 0.3) is 5.91 Å². The number of carbonyl (C=O) groups is 1. The molecule has 112 valence electrons. The Morgan fingerprint density at radius 3 is 2.90 bits per heavy atom. The Morgan fingerprint density at radius 1 is 1.33 bits per heavy atom. The number of likely N-dealkylation sites (tertiary alicyclic amines) is 1. The Bertz CT molecular complexity index is 542. The minimum atomic E-state index is -0.217. The number of amides is 1. The van der Waals surface area contributed by atoms with E-state index < -0.39 is 0 Å². The number of aliphatic hydroxyl groups excluding tert-OH is 2. The number of nitrogens with zero attached hydrogens (tertiary/aromatic N) is 1. The molecule has 0 bridgehead atoms. The maximum absolute atomic E-state index is 12.7. The van der Waals surface area contributed by atoms with Crippen molar-refractivity contribution in [3.05, 3.63) is 35.4 Å². The lowest BCUT2D eigenvalue weighted by molar-refractivity contribution is 0.0653. The predicted octanol–water partition coefficient (Wildman–Crippen LogP) is 1.26. The summed E-state index contributed by atoms with van der Waals surface area (Å²) in [5.41, 5.74) is 1.24. The monoisotopic (exact) mass is 287 g/mol. The summed E-state index contributed by atoms with van der Waals surface area (Å²) in [6.45, 7) is 1.40. The molecule has 0 saturated carbocycles. The average Bonchev–Trinajstić information content (AvgIpc) is 2.53. The summed E-state index contributed by atoms with van der Waals surface area (Å²) in [7, 11) is 0. The molecule has 1 amide bonds. The fraction of sp³-hybridized carbons (Fsp3) is 0.471. The highest BCUT2D eigenvalue weighted by molar-refractivity contribution is 5.96. The summed E-state index contributed by atoms with van der Waals surface area (Å²) in [4.78, 5) is 14.5. The summed E-state index contributed by atoms with van der Waals surface area (Å²) in [5, 5.41) is 17.9. The molecule has 0 radical (unpaired) electrons. The van der Waals surface area contributed by atoms with Gasteiger partial charge in [-0.05, 0) is 37.3 Å². The van der Waals surface area contributed by atoms with E-state index in [-0.39, 0.29) is 19.1 Å². The zero-order chi connectivity index (χ0) is 15.1. The topological polar surface area (TPSA) is 60.8 Å². The molecule has 1 aliphatic rings. The van der Waals surface area contributed by atoms with E-state index in [1.165, 1.54) is 0 Å². The van der Waals surface area contributed by atoms with Crippen molar-refractivity contribution in [1.82, 2.24) is 4.90 Å². The molecule has 1 atom stereocenters. The first-order chi connectivity index (χ1) is 10.3. The standard InChI is InChI=1S/C17H21NO3/c19-11-4-7-15-6-1-2-8-16(15)17(21)18-10-3-5-14(13-18)9-12-20/h1-2,6,8,14,19-20H,3,5,9-13H2. The molecule has 1 unspecified atom stereocenters. The lowest BCUT2D eigenvalue weighted by Crippen LogP contribution is -2.40. The fourth-order valence-electron chi connectivity index (χ4n) is 2.75. The fourth-order valence-corrected chi connectivity index (χ4v) is 2.75. The Kier molecular flexibility index (Phi) is 5.79. The van der Waals surface area contributed by atoms with Crippen molar-refractivity contribution >= 4 is 5.91 Å². The third-order valence-electron chi connectivity index (χ3n) is 3.80. The molecule has 1 aromatic rings. The van der Waals surface area contributed by atoms with Crippen LogP contribution in [0.25, 0.3) is 0 Å². The van der Waals surface area contributed by atoms with E-state index >= 15 is 0 Å². The van der Waals surface area contributed by atoms with Gasteiger partial charge in [-0.15, -0.1) is 0 Å². The van der Waals surface area contributed by atoms with E-state index in [0.29, 0.717) is 23.6 Å². The molecule has 4 heteroatoms. The molecule has 0 aromatic heterocycles.